The Balaban J connectivity index is 2.54. The van der Waals surface area contributed by atoms with Gasteiger partial charge in [-0.2, -0.15) is 0 Å². The van der Waals surface area contributed by atoms with Gasteiger partial charge in [-0.1, -0.05) is 23.7 Å². The maximum Gasteiger partial charge on any atom is 0.219 e. The molecule has 0 spiro atoms. The van der Waals surface area contributed by atoms with E-state index in [0.29, 0.717) is 18.0 Å². The zero-order valence-corrected chi connectivity index (χ0v) is 10.3. The van der Waals surface area contributed by atoms with Gasteiger partial charge in [-0.05, 0) is 31.5 Å². The SMILES string of the molecule is CC(C)(CC(N)=O)NCc1cccc(Cl)c1. The molecule has 0 aliphatic heterocycles. The summed E-state index contributed by atoms with van der Waals surface area (Å²) in [4.78, 5) is 10.8. The summed E-state index contributed by atoms with van der Waals surface area (Å²) >= 11 is 5.88. The van der Waals surface area contributed by atoms with Gasteiger partial charge in [-0.15, -0.1) is 0 Å². The van der Waals surface area contributed by atoms with E-state index in [1.807, 2.05) is 38.1 Å². The molecule has 0 saturated heterocycles. The summed E-state index contributed by atoms with van der Waals surface area (Å²) < 4.78 is 0. The molecular formula is C12H17ClN2O. The van der Waals surface area contributed by atoms with Crippen LogP contribution < -0.4 is 11.1 Å². The van der Waals surface area contributed by atoms with Crippen molar-refractivity contribution in [1.29, 1.82) is 0 Å². The van der Waals surface area contributed by atoms with Crippen molar-refractivity contribution in [1.82, 2.24) is 5.32 Å². The van der Waals surface area contributed by atoms with Gasteiger partial charge in [0.1, 0.15) is 0 Å². The van der Waals surface area contributed by atoms with E-state index < -0.39 is 0 Å². The van der Waals surface area contributed by atoms with Crippen LogP contribution in [0.25, 0.3) is 0 Å². The van der Waals surface area contributed by atoms with E-state index in [1.54, 1.807) is 0 Å². The van der Waals surface area contributed by atoms with Gasteiger partial charge in [-0.25, -0.2) is 0 Å². The van der Waals surface area contributed by atoms with Crippen molar-refractivity contribution in [3.63, 3.8) is 0 Å². The van der Waals surface area contributed by atoms with E-state index in [1.165, 1.54) is 0 Å². The van der Waals surface area contributed by atoms with Crippen molar-refractivity contribution in [3.05, 3.63) is 34.9 Å². The summed E-state index contributed by atoms with van der Waals surface area (Å²) in [5.74, 6) is -0.302. The Kier molecular flexibility index (Phi) is 4.33. The molecule has 1 rings (SSSR count). The lowest BCUT2D eigenvalue weighted by Crippen LogP contribution is -2.42. The molecule has 0 saturated carbocycles. The Morgan fingerprint density at radius 2 is 2.19 bits per heavy atom. The van der Waals surface area contributed by atoms with Crippen LogP contribution in [0.5, 0.6) is 0 Å². The second kappa shape index (κ2) is 5.32. The third-order valence-electron chi connectivity index (χ3n) is 2.28. The number of nitrogens with two attached hydrogens (primary N) is 1. The first-order chi connectivity index (χ1) is 7.39. The topological polar surface area (TPSA) is 55.1 Å². The molecule has 16 heavy (non-hydrogen) atoms. The highest BCUT2D eigenvalue weighted by atomic mass is 35.5. The summed E-state index contributed by atoms with van der Waals surface area (Å²) in [6.07, 6.45) is 0.313. The first kappa shape index (κ1) is 13.0. The average molecular weight is 241 g/mol. The van der Waals surface area contributed by atoms with E-state index in [9.17, 15) is 4.79 Å². The molecule has 88 valence electrons. The third-order valence-corrected chi connectivity index (χ3v) is 2.51. The van der Waals surface area contributed by atoms with Gasteiger partial charge in [0.25, 0.3) is 0 Å². The number of benzene rings is 1. The molecule has 0 aromatic heterocycles. The molecule has 0 atom stereocenters. The number of hydrogen-bond acceptors (Lipinski definition) is 2. The lowest BCUT2D eigenvalue weighted by molar-refractivity contribution is -0.119. The van der Waals surface area contributed by atoms with Crippen molar-refractivity contribution in [2.75, 3.05) is 0 Å². The number of primary amides is 1. The summed E-state index contributed by atoms with van der Waals surface area (Å²) in [7, 11) is 0. The van der Waals surface area contributed by atoms with Crippen molar-refractivity contribution in [2.24, 2.45) is 5.73 Å². The fourth-order valence-electron chi connectivity index (χ4n) is 1.49. The molecule has 0 aliphatic carbocycles. The van der Waals surface area contributed by atoms with Gasteiger partial charge in [-0.3, -0.25) is 4.79 Å². The number of rotatable bonds is 5. The fourth-order valence-corrected chi connectivity index (χ4v) is 1.70. The summed E-state index contributed by atoms with van der Waals surface area (Å²) in [5.41, 5.74) is 5.96. The number of nitrogens with one attached hydrogen (secondary N) is 1. The molecule has 1 amide bonds. The lowest BCUT2D eigenvalue weighted by Gasteiger charge is -2.24. The van der Waals surface area contributed by atoms with E-state index in [-0.39, 0.29) is 11.4 Å². The minimum atomic E-state index is -0.302. The van der Waals surface area contributed by atoms with E-state index in [2.05, 4.69) is 5.32 Å². The minimum absolute atomic E-state index is 0.297. The van der Waals surface area contributed by atoms with Crippen molar-refractivity contribution in [2.45, 2.75) is 32.4 Å². The summed E-state index contributed by atoms with van der Waals surface area (Å²) in [6, 6.07) is 7.62. The van der Waals surface area contributed by atoms with E-state index >= 15 is 0 Å². The molecule has 0 bridgehead atoms. The van der Waals surface area contributed by atoms with Crippen molar-refractivity contribution in [3.8, 4) is 0 Å². The molecule has 0 heterocycles. The Labute approximate surface area is 101 Å². The van der Waals surface area contributed by atoms with Gasteiger partial charge in [0.15, 0.2) is 0 Å². The molecule has 0 unspecified atom stereocenters. The van der Waals surface area contributed by atoms with E-state index in [0.717, 1.165) is 5.56 Å². The van der Waals surface area contributed by atoms with Gasteiger partial charge < -0.3 is 11.1 Å². The molecule has 0 fully saturated rings. The van der Waals surface area contributed by atoms with Crippen LogP contribution in [0.4, 0.5) is 0 Å². The van der Waals surface area contributed by atoms with Crippen LogP contribution in [0, 0.1) is 0 Å². The van der Waals surface area contributed by atoms with Crippen molar-refractivity contribution < 1.29 is 4.79 Å². The Morgan fingerprint density at radius 1 is 1.50 bits per heavy atom. The lowest BCUT2D eigenvalue weighted by atomic mass is 10.00. The molecule has 3 N–H and O–H groups in total. The van der Waals surface area contributed by atoms with Crippen LogP contribution in [-0.2, 0) is 11.3 Å². The molecule has 0 aliphatic rings. The second-order valence-electron chi connectivity index (χ2n) is 4.51. The quantitative estimate of drug-likeness (QED) is 0.828. The van der Waals surface area contributed by atoms with Gasteiger partial charge in [0.05, 0.1) is 0 Å². The van der Waals surface area contributed by atoms with Gasteiger partial charge in [0.2, 0.25) is 5.91 Å². The molecule has 3 nitrogen and oxygen atoms in total. The Bertz CT molecular complexity index is 377. The largest absolute Gasteiger partial charge is 0.370 e. The minimum Gasteiger partial charge on any atom is -0.370 e. The molecule has 0 radical (unpaired) electrons. The normalized spacial score (nSPS) is 11.4. The number of halogens is 1. The Morgan fingerprint density at radius 3 is 2.75 bits per heavy atom. The number of carbonyl (C=O) groups excluding carboxylic acids is 1. The van der Waals surface area contributed by atoms with Crippen LogP contribution in [0.2, 0.25) is 5.02 Å². The predicted octanol–water partition coefficient (Wildman–Crippen LogP) is 2.08. The van der Waals surface area contributed by atoms with Gasteiger partial charge in [0, 0.05) is 23.5 Å². The number of carbonyl (C=O) groups is 1. The average Bonchev–Trinajstić information content (AvgIpc) is 2.13. The van der Waals surface area contributed by atoms with Gasteiger partial charge >= 0.3 is 0 Å². The predicted molar refractivity (Wildman–Crippen MR) is 66.2 cm³/mol. The third kappa shape index (κ3) is 4.64. The van der Waals surface area contributed by atoms with Crippen LogP contribution in [0.3, 0.4) is 0 Å². The smallest absolute Gasteiger partial charge is 0.219 e. The number of amides is 1. The zero-order chi connectivity index (χ0) is 12.2. The first-order valence-electron chi connectivity index (χ1n) is 5.17. The highest BCUT2D eigenvalue weighted by Gasteiger charge is 2.19. The van der Waals surface area contributed by atoms with Crippen LogP contribution in [-0.4, -0.2) is 11.4 Å². The van der Waals surface area contributed by atoms with Crippen LogP contribution in [0.15, 0.2) is 24.3 Å². The van der Waals surface area contributed by atoms with E-state index in [4.69, 9.17) is 17.3 Å². The zero-order valence-electron chi connectivity index (χ0n) is 9.59. The highest BCUT2D eigenvalue weighted by molar-refractivity contribution is 6.30. The fraction of sp³-hybridized carbons (Fsp3) is 0.417. The summed E-state index contributed by atoms with van der Waals surface area (Å²) in [6.45, 7) is 4.56. The first-order valence-corrected chi connectivity index (χ1v) is 5.55. The number of hydrogen-bond donors (Lipinski definition) is 2. The Hall–Kier alpha value is -1.06. The molecule has 1 aromatic carbocycles. The maximum absolute atomic E-state index is 10.8. The van der Waals surface area contributed by atoms with Crippen molar-refractivity contribution >= 4 is 17.5 Å². The standard InChI is InChI=1S/C12H17ClN2O/c1-12(2,7-11(14)16)15-8-9-4-3-5-10(13)6-9/h3-6,15H,7-8H2,1-2H3,(H2,14,16). The molecular weight excluding hydrogens is 224 g/mol. The molecule has 1 aromatic rings. The van der Waals surface area contributed by atoms with Crippen LogP contribution in [0.1, 0.15) is 25.8 Å². The second-order valence-corrected chi connectivity index (χ2v) is 4.95. The van der Waals surface area contributed by atoms with Crippen LogP contribution >= 0.6 is 11.6 Å². The monoisotopic (exact) mass is 240 g/mol. The summed E-state index contributed by atoms with van der Waals surface area (Å²) in [5, 5.41) is 3.99. The highest BCUT2D eigenvalue weighted by Crippen LogP contribution is 2.13. The maximum atomic E-state index is 10.8. The molecule has 4 heteroatoms.